The maximum Gasteiger partial charge on any atom is 0.0463 e. The van der Waals surface area contributed by atoms with Crippen LogP contribution in [0.1, 0.15) is 44.5 Å². The lowest BCUT2D eigenvalue weighted by atomic mass is 9.96. The molecule has 0 heterocycles. The van der Waals surface area contributed by atoms with Gasteiger partial charge >= 0.3 is 0 Å². The number of anilines is 6. The van der Waals surface area contributed by atoms with Gasteiger partial charge in [-0.3, -0.25) is 0 Å². The van der Waals surface area contributed by atoms with Crippen LogP contribution < -0.4 is 9.80 Å². The van der Waals surface area contributed by atoms with Gasteiger partial charge < -0.3 is 9.80 Å². The predicted octanol–water partition coefficient (Wildman–Crippen LogP) is 17.5. The molecule has 9 aromatic carbocycles. The zero-order valence-electron chi connectivity index (χ0n) is 37.5. The number of aryl methyl sites for hydroxylation is 2. The van der Waals surface area contributed by atoms with Gasteiger partial charge in [-0.15, -0.1) is 0 Å². The minimum atomic E-state index is 1.07. The number of benzene rings is 9. The Kier molecular flexibility index (Phi) is 13.5. The predicted molar refractivity (Wildman–Crippen MR) is 283 cm³/mol. The largest absolute Gasteiger partial charge is 0.311 e. The summed E-state index contributed by atoms with van der Waals surface area (Å²) in [5, 5.41) is 0. The lowest BCUT2D eigenvalue weighted by Crippen LogP contribution is -2.12. The highest BCUT2D eigenvalue weighted by Gasteiger charge is 2.16. The molecule has 2 heteroatoms. The molecule has 0 atom stereocenters. The van der Waals surface area contributed by atoms with E-state index in [0.717, 1.165) is 45.3 Å². The monoisotopic (exact) mass is 848 g/mol. The van der Waals surface area contributed by atoms with Gasteiger partial charge in [0, 0.05) is 34.1 Å². The molecule has 0 radical (unpaired) electrons. The second kappa shape index (κ2) is 20.8. The zero-order valence-corrected chi connectivity index (χ0v) is 37.5. The van der Waals surface area contributed by atoms with Crippen molar-refractivity contribution >= 4 is 57.4 Å². The summed E-state index contributed by atoms with van der Waals surface area (Å²) in [7, 11) is 0. The van der Waals surface area contributed by atoms with Crippen LogP contribution in [0, 0.1) is 13.8 Å². The van der Waals surface area contributed by atoms with E-state index in [2.05, 4.69) is 303 Å². The Balaban J connectivity index is 0.972. The Hall–Kier alpha value is -8.46. The maximum absolute atomic E-state index is 2.31. The number of rotatable bonds is 14. The van der Waals surface area contributed by atoms with Crippen molar-refractivity contribution in [3.8, 4) is 0 Å². The third kappa shape index (κ3) is 10.5. The van der Waals surface area contributed by atoms with Crippen molar-refractivity contribution in [2.24, 2.45) is 0 Å². The molecule has 0 aliphatic heterocycles. The summed E-state index contributed by atoms with van der Waals surface area (Å²) >= 11 is 0. The quantitative estimate of drug-likeness (QED) is 0.101. The Morgan fingerprint density at radius 1 is 0.273 bits per heavy atom. The highest BCUT2D eigenvalue weighted by atomic mass is 15.2. The molecule has 0 saturated carbocycles. The van der Waals surface area contributed by atoms with Crippen molar-refractivity contribution in [3.63, 3.8) is 0 Å². The summed E-state index contributed by atoms with van der Waals surface area (Å²) in [6.07, 6.45) is 13.1. The fourth-order valence-electron chi connectivity index (χ4n) is 8.20. The highest BCUT2D eigenvalue weighted by molar-refractivity contribution is 5.84. The minimum Gasteiger partial charge on any atom is -0.311 e. The smallest absolute Gasteiger partial charge is 0.0463 e. The van der Waals surface area contributed by atoms with Crippen LogP contribution in [0.5, 0.6) is 0 Å². The van der Waals surface area contributed by atoms with Crippen LogP contribution >= 0.6 is 0 Å². The molecular weight excluding hydrogens is 797 g/mol. The molecule has 0 aliphatic carbocycles. The molecule has 0 aliphatic rings. The molecule has 0 aromatic heterocycles. The van der Waals surface area contributed by atoms with E-state index >= 15 is 0 Å². The number of allylic oxidation sites excluding steroid dienone is 4. The second-order valence-corrected chi connectivity index (χ2v) is 16.4. The van der Waals surface area contributed by atoms with Crippen molar-refractivity contribution in [3.05, 3.63) is 311 Å². The summed E-state index contributed by atoms with van der Waals surface area (Å²) in [4.78, 5) is 4.62. The van der Waals surface area contributed by atoms with Gasteiger partial charge in [-0.1, -0.05) is 217 Å². The van der Waals surface area contributed by atoms with Crippen LogP contribution in [0.4, 0.5) is 34.1 Å². The van der Waals surface area contributed by atoms with E-state index in [-0.39, 0.29) is 0 Å². The van der Waals surface area contributed by atoms with Crippen LogP contribution in [0.2, 0.25) is 0 Å². The first-order valence-corrected chi connectivity index (χ1v) is 22.6. The van der Waals surface area contributed by atoms with Gasteiger partial charge in [0.25, 0.3) is 0 Å². The molecule has 9 aromatic rings. The first kappa shape index (κ1) is 42.8. The van der Waals surface area contributed by atoms with Crippen LogP contribution in [0.15, 0.2) is 267 Å². The molecule has 0 unspecified atom stereocenters. The van der Waals surface area contributed by atoms with Gasteiger partial charge in [0.05, 0.1) is 0 Å². The number of para-hydroxylation sites is 2. The molecular formula is C64H52N2. The molecule has 0 spiro atoms. The van der Waals surface area contributed by atoms with Gasteiger partial charge in [0.1, 0.15) is 0 Å². The number of hydrogen-bond acceptors (Lipinski definition) is 2. The molecule has 0 amide bonds. The van der Waals surface area contributed by atoms with Gasteiger partial charge in [-0.25, -0.2) is 0 Å². The maximum atomic E-state index is 2.31. The Labute approximate surface area is 390 Å². The summed E-state index contributed by atoms with van der Waals surface area (Å²) in [6.45, 7) is 4.25. The van der Waals surface area contributed by atoms with E-state index < -0.39 is 0 Å². The Morgan fingerprint density at radius 3 is 0.848 bits per heavy atom. The van der Waals surface area contributed by atoms with E-state index in [1.165, 1.54) is 44.5 Å². The first-order chi connectivity index (χ1) is 32.6. The molecule has 66 heavy (non-hydrogen) atoms. The van der Waals surface area contributed by atoms with E-state index in [4.69, 9.17) is 0 Å². The molecule has 0 N–H and O–H groups in total. The summed E-state index contributed by atoms with van der Waals surface area (Å²) < 4.78 is 0. The van der Waals surface area contributed by atoms with Gasteiger partial charge in [0.15, 0.2) is 0 Å². The van der Waals surface area contributed by atoms with Crippen LogP contribution in [0.3, 0.4) is 0 Å². The fourth-order valence-corrected chi connectivity index (χ4v) is 8.20. The van der Waals surface area contributed by atoms with Gasteiger partial charge in [0.2, 0.25) is 0 Å². The standard InChI is InChI=1S/C64H52N2/c1-49-29-37-55(38-30-49)63(53-19-7-3-8-20-53)27-15-17-51-33-41-59(42-34-51)65(57-23-11-5-12-24-57)61-45-47-62(48-46-61)66(58-25-13-6-14-26-58)60-43-35-52(36-44-60)18-16-28-64(54-21-9-4-10-22-54)56-39-31-50(2)32-40-56/h3-48H,1-2H3. The van der Waals surface area contributed by atoms with E-state index in [0.29, 0.717) is 0 Å². The van der Waals surface area contributed by atoms with Crippen molar-refractivity contribution < 1.29 is 0 Å². The van der Waals surface area contributed by atoms with Crippen molar-refractivity contribution in [2.75, 3.05) is 9.80 Å². The molecule has 2 nitrogen and oxygen atoms in total. The van der Waals surface area contributed by atoms with Gasteiger partial charge in [-0.2, -0.15) is 0 Å². The van der Waals surface area contributed by atoms with Crippen LogP contribution in [-0.4, -0.2) is 0 Å². The average molecular weight is 849 g/mol. The lowest BCUT2D eigenvalue weighted by Gasteiger charge is -2.28. The summed E-state index contributed by atoms with van der Waals surface area (Å²) in [5.41, 5.74) is 18.4. The second-order valence-electron chi connectivity index (χ2n) is 16.4. The Morgan fingerprint density at radius 2 is 0.530 bits per heavy atom. The molecule has 318 valence electrons. The summed E-state index contributed by atoms with van der Waals surface area (Å²) in [6, 6.07) is 86.3. The van der Waals surface area contributed by atoms with Crippen molar-refractivity contribution in [1.82, 2.24) is 0 Å². The SMILES string of the molecule is Cc1ccc(C(=CC=Cc2ccc(N(c3ccccc3)c3ccc(N(c4ccccc4)c4ccc(C=CC=C(c5ccccc5)c5ccc(C)cc5)cc4)cc3)cc2)c2ccccc2)cc1. The topological polar surface area (TPSA) is 6.48 Å². The average Bonchev–Trinajstić information content (AvgIpc) is 3.38. The normalized spacial score (nSPS) is 11.8. The van der Waals surface area contributed by atoms with Crippen LogP contribution in [0.25, 0.3) is 23.3 Å². The van der Waals surface area contributed by atoms with E-state index in [9.17, 15) is 0 Å². The molecule has 0 fully saturated rings. The summed E-state index contributed by atoms with van der Waals surface area (Å²) in [5.74, 6) is 0. The Bertz CT molecular complexity index is 2840. The van der Waals surface area contributed by atoms with Crippen molar-refractivity contribution in [1.29, 1.82) is 0 Å². The fraction of sp³-hybridized carbons (Fsp3) is 0.0312. The number of nitrogens with zero attached hydrogens (tertiary/aromatic N) is 2. The molecule has 0 saturated heterocycles. The van der Waals surface area contributed by atoms with Crippen LogP contribution in [-0.2, 0) is 0 Å². The molecule has 0 bridgehead atoms. The minimum absolute atomic E-state index is 1.07. The number of hydrogen-bond donors (Lipinski definition) is 0. The lowest BCUT2D eigenvalue weighted by molar-refractivity contribution is 1.25. The first-order valence-electron chi connectivity index (χ1n) is 22.6. The third-order valence-corrected chi connectivity index (χ3v) is 11.7. The molecule has 9 rings (SSSR count). The van der Waals surface area contributed by atoms with E-state index in [1.54, 1.807) is 0 Å². The van der Waals surface area contributed by atoms with E-state index in [1.807, 2.05) is 0 Å². The van der Waals surface area contributed by atoms with Gasteiger partial charge in [-0.05, 0) is 131 Å². The van der Waals surface area contributed by atoms with Crippen molar-refractivity contribution in [2.45, 2.75) is 13.8 Å². The third-order valence-electron chi connectivity index (χ3n) is 11.7. The zero-order chi connectivity index (χ0) is 44.9. The highest BCUT2D eigenvalue weighted by Crippen LogP contribution is 2.39.